The lowest BCUT2D eigenvalue weighted by atomic mass is 9.92. The molecule has 0 unspecified atom stereocenters. The van der Waals surface area contributed by atoms with Gasteiger partial charge in [-0.1, -0.05) is 27.7 Å². The maximum absolute atomic E-state index is 14.2. The summed E-state index contributed by atoms with van der Waals surface area (Å²) in [5, 5.41) is 0. The molecule has 1 aromatic carbocycles. The third-order valence-corrected chi connectivity index (χ3v) is 3.50. The zero-order valence-corrected chi connectivity index (χ0v) is 12.3. The van der Waals surface area contributed by atoms with E-state index in [9.17, 15) is 17.6 Å². The van der Waals surface area contributed by atoms with Crippen molar-refractivity contribution in [2.45, 2.75) is 39.5 Å². The third-order valence-electron chi connectivity index (χ3n) is 3.50. The molecule has 0 spiro atoms. The molecule has 0 atom stereocenters. The molecule has 0 saturated heterocycles. The minimum absolute atomic E-state index is 0.152. The van der Waals surface area contributed by atoms with E-state index in [1.807, 2.05) is 13.8 Å². The largest absolute Gasteiger partial charge is 0.364 e. The Kier molecular flexibility index (Phi) is 4.12. The Morgan fingerprint density at radius 3 is 1.86 bits per heavy atom. The molecule has 0 saturated carbocycles. The number of benzene rings is 1. The molecule has 0 aliphatic carbocycles. The van der Waals surface area contributed by atoms with Gasteiger partial charge in [-0.3, -0.25) is 0 Å². The third kappa shape index (κ3) is 2.57. The Morgan fingerprint density at radius 1 is 0.810 bits per heavy atom. The van der Waals surface area contributed by atoms with Crippen molar-refractivity contribution >= 4 is 0 Å². The molecule has 0 aliphatic rings. The van der Waals surface area contributed by atoms with Crippen LogP contribution >= 0.6 is 0 Å². The summed E-state index contributed by atoms with van der Waals surface area (Å²) < 4.78 is 55.2. The Hall–Kier alpha value is -1.78. The van der Waals surface area contributed by atoms with Gasteiger partial charge in [0.15, 0.2) is 23.3 Å². The van der Waals surface area contributed by atoms with Gasteiger partial charge in [0.05, 0.1) is 0 Å². The van der Waals surface area contributed by atoms with Crippen molar-refractivity contribution in [3.05, 3.63) is 46.8 Å². The molecule has 1 heterocycles. The molecule has 0 aliphatic heterocycles. The van der Waals surface area contributed by atoms with Crippen molar-refractivity contribution in [1.82, 2.24) is 4.98 Å². The van der Waals surface area contributed by atoms with E-state index in [1.165, 1.54) is 6.20 Å². The molecule has 0 fully saturated rings. The van der Waals surface area contributed by atoms with Gasteiger partial charge in [0.2, 0.25) is 0 Å². The second-order valence-corrected chi connectivity index (χ2v) is 5.70. The van der Waals surface area contributed by atoms with E-state index in [4.69, 9.17) is 0 Å². The zero-order chi connectivity index (χ0) is 15.9. The van der Waals surface area contributed by atoms with Gasteiger partial charge in [0.1, 0.15) is 0 Å². The van der Waals surface area contributed by atoms with Gasteiger partial charge in [0, 0.05) is 28.6 Å². The molecule has 21 heavy (non-hydrogen) atoms. The lowest BCUT2D eigenvalue weighted by Crippen LogP contribution is -2.07. The summed E-state index contributed by atoms with van der Waals surface area (Å²) >= 11 is 0. The molecule has 2 aromatic rings. The molecule has 0 radical (unpaired) electrons. The molecular weight excluding hydrogens is 282 g/mol. The number of halogens is 4. The Balaban J connectivity index is 2.77. The van der Waals surface area contributed by atoms with E-state index >= 15 is 0 Å². The van der Waals surface area contributed by atoms with E-state index in [0.29, 0.717) is 5.56 Å². The highest BCUT2D eigenvalue weighted by Gasteiger charge is 2.28. The lowest BCUT2D eigenvalue weighted by molar-refractivity contribution is 0.403. The van der Waals surface area contributed by atoms with Crippen LogP contribution in [0.15, 0.2) is 12.3 Å². The number of H-pyrrole nitrogens is 1. The van der Waals surface area contributed by atoms with Gasteiger partial charge >= 0.3 is 0 Å². The fourth-order valence-corrected chi connectivity index (χ4v) is 2.36. The maximum atomic E-state index is 14.2. The fraction of sp³-hybridized carbons (Fsp3) is 0.375. The van der Waals surface area contributed by atoms with Gasteiger partial charge in [-0.05, 0) is 17.9 Å². The van der Waals surface area contributed by atoms with Gasteiger partial charge < -0.3 is 4.98 Å². The average molecular weight is 299 g/mol. The summed E-state index contributed by atoms with van der Waals surface area (Å²) in [6.07, 6.45) is 1.48. The van der Waals surface area contributed by atoms with Gasteiger partial charge in [-0.15, -0.1) is 0 Å². The van der Waals surface area contributed by atoms with E-state index in [1.54, 1.807) is 19.9 Å². The molecule has 1 nitrogen and oxygen atoms in total. The molecule has 2 rings (SSSR count). The minimum atomic E-state index is -1.78. The number of hydrogen-bond acceptors (Lipinski definition) is 0. The predicted molar refractivity (Wildman–Crippen MR) is 74.2 cm³/mol. The summed E-state index contributed by atoms with van der Waals surface area (Å²) in [7, 11) is 0. The number of aromatic amines is 1. The molecule has 5 heteroatoms. The Bertz CT molecular complexity index is 671. The molecule has 1 aromatic heterocycles. The van der Waals surface area contributed by atoms with E-state index in [-0.39, 0.29) is 17.0 Å². The van der Waals surface area contributed by atoms with Gasteiger partial charge in [-0.25, -0.2) is 17.6 Å². The van der Waals surface area contributed by atoms with E-state index < -0.39 is 29.2 Å². The van der Waals surface area contributed by atoms with Gasteiger partial charge in [0.25, 0.3) is 0 Å². The van der Waals surface area contributed by atoms with Crippen molar-refractivity contribution in [3.63, 3.8) is 0 Å². The summed E-state index contributed by atoms with van der Waals surface area (Å²) in [6, 6.07) is 1.63. The lowest BCUT2D eigenvalue weighted by Gasteiger charge is -2.15. The smallest absolute Gasteiger partial charge is 0.198 e. The van der Waals surface area contributed by atoms with Crippen molar-refractivity contribution < 1.29 is 17.6 Å². The van der Waals surface area contributed by atoms with Crippen molar-refractivity contribution in [1.29, 1.82) is 0 Å². The molecule has 114 valence electrons. The molecule has 0 amide bonds. The quantitative estimate of drug-likeness (QED) is 0.438. The van der Waals surface area contributed by atoms with Crippen molar-refractivity contribution in [3.8, 4) is 11.1 Å². The first-order valence-electron chi connectivity index (χ1n) is 6.80. The number of aromatic nitrogens is 1. The summed E-state index contributed by atoms with van der Waals surface area (Å²) in [6.45, 7) is 7.08. The van der Waals surface area contributed by atoms with Gasteiger partial charge in [-0.2, -0.15) is 0 Å². The first-order valence-corrected chi connectivity index (χ1v) is 6.80. The van der Waals surface area contributed by atoms with Crippen LogP contribution in [0.1, 0.15) is 50.8 Å². The maximum Gasteiger partial charge on any atom is 0.198 e. The molecular formula is C16H17F4N. The summed E-state index contributed by atoms with van der Waals surface area (Å²) in [4.78, 5) is 2.95. The number of rotatable bonds is 3. The predicted octanol–water partition coefficient (Wildman–Crippen LogP) is 5.48. The van der Waals surface area contributed by atoms with E-state index in [0.717, 1.165) is 5.69 Å². The molecule has 1 N–H and O–H groups in total. The van der Waals surface area contributed by atoms with Crippen LogP contribution in [0.3, 0.4) is 0 Å². The van der Waals surface area contributed by atoms with Crippen LogP contribution in [0.5, 0.6) is 0 Å². The highest BCUT2D eigenvalue weighted by molar-refractivity contribution is 5.69. The standard InChI is InChI=1S/C16H17F4N/c1-7(2)10-5-9(6-21-10)12-11(8(3)4)13(17)15(19)16(20)14(12)18/h5-8,21H,1-4H3. The van der Waals surface area contributed by atoms with E-state index in [2.05, 4.69) is 4.98 Å². The Labute approximate surface area is 121 Å². The van der Waals surface area contributed by atoms with Crippen molar-refractivity contribution in [2.75, 3.05) is 0 Å². The second kappa shape index (κ2) is 5.54. The highest BCUT2D eigenvalue weighted by Crippen LogP contribution is 2.37. The number of hydrogen-bond donors (Lipinski definition) is 1. The first-order chi connectivity index (χ1) is 9.75. The first kappa shape index (κ1) is 15.6. The normalized spacial score (nSPS) is 11.7. The monoisotopic (exact) mass is 299 g/mol. The van der Waals surface area contributed by atoms with Crippen LogP contribution in [0.25, 0.3) is 11.1 Å². The van der Waals surface area contributed by atoms with Crippen LogP contribution in [-0.2, 0) is 0 Å². The zero-order valence-electron chi connectivity index (χ0n) is 12.3. The highest BCUT2D eigenvalue weighted by atomic mass is 19.2. The van der Waals surface area contributed by atoms with Crippen LogP contribution in [0.2, 0.25) is 0 Å². The summed E-state index contributed by atoms with van der Waals surface area (Å²) in [5.74, 6) is -6.56. The molecule has 0 bridgehead atoms. The van der Waals surface area contributed by atoms with Crippen molar-refractivity contribution in [2.24, 2.45) is 0 Å². The SMILES string of the molecule is CC(C)c1cc(-c2c(F)c(F)c(F)c(F)c2C(C)C)c[nH]1. The fourth-order valence-electron chi connectivity index (χ4n) is 2.36. The minimum Gasteiger partial charge on any atom is -0.364 e. The average Bonchev–Trinajstić information content (AvgIpc) is 2.89. The van der Waals surface area contributed by atoms with Crippen LogP contribution in [-0.4, -0.2) is 4.98 Å². The summed E-state index contributed by atoms with van der Waals surface area (Å²) in [5.41, 5.74) is 0.757. The van der Waals surface area contributed by atoms with Crippen LogP contribution < -0.4 is 0 Å². The van der Waals surface area contributed by atoms with Crippen LogP contribution in [0.4, 0.5) is 17.6 Å². The Morgan fingerprint density at radius 2 is 1.38 bits per heavy atom. The number of nitrogens with one attached hydrogen (secondary N) is 1. The second-order valence-electron chi connectivity index (χ2n) is 5.70. The topological polar surface area (TPSA) is 15.8 Å². The van der Waals surface area contributed by atoms with Crippen LogP contribution in [0, 0.1) is 23.3 Å².